The molecule has 2 aromatic rings. The summed E-state index contributed by atoms with van der Waals surface area (Å²) in [5.41, 5.74) is -0.800. The summed E-state index contributed by atoms with van der Waals surface area (Å²) in [5, 5.41) is 2.73. The third kappa shape index (κ3) is 3.66. The summed E-state index contributed by atoms with van der Waals surface area (Å²) in [6.07, 6.45) is -4.87. The van der Waals surface area contributed by atoms with E-state index in [0.717, 1.165) is 6.07 Å². The fourth-order valence-corrected chi connectivity index (χ4v) is 2.79. The minimum absolute atomic E-state index is 0.188. The van der Waals surface area contributed by atoms with E-state index in [9.17, 15) is 18.0 Å². The lowest BCUT2D eigenvalue weighted by atomic mass is 10.1. The molecule has 1 atom stereocenters. The smallest absolute Gasteiger partial charge is 0.418 e. The Morgan fingerprint density at radius 3 is 2.72 bits per heavy atom. The van der Waals surface area contributed by atoms with Crippen LogP contribution in [0.5, 0.6) is 5.75 Å². The summed E-state index contributed by atoms with van der Waals surface area (Å²) in [5.74, 6) is 0.447. The van der Waals surface area contributed by atoms with Crippen molar-refractivity contribution >= 4 is 29.0 Å². The van der Waals surface area contributed by atoms with Crippen LogP contribution in [0.25, 0.3) is 0 Å². The Kier molecular flexibility index (Phi) is 4.51. The van der Waals surface area contributed by atoms with Gasteiger partial charge in [-0.3, -0.25) is 4.90 Å². The average molecular weight is 371 g/mol. The molecule has 1 aliphatic rings. The highest BCUT2D eigenvalue weighted by Gasteiger charge is 2.35. The number of carbonyl (C=O) groups excluding carboxylic acids is 1. The summed E-state index contributed by atoms with van der Waals surface area (Å²) in [6.45, 7) is 1.95. The van der Waals surface area contributed by atoms with Crippen LogP contribution in [-0.4, -0.2) is 18.7 Å². The zero-order valence-corrected chi connectivity index (χ0v) is 13.9. The van der Waals surface area contributed by atoms with Crippen LogP contribution in [0.3, 0.4) is 0 Å². The first-order chi connectivity index (χ1) is 11.8. The van der Waals surface area contributed by atoms with Gasteiger partial charge in [-0.1, -0.05) is 23.7 Å². The number of benzene rings is 2. The van der Waals surface area contributed by atoms with E-state index >= 15 is 0 Å². The van der Waals surface area contributed by atoms with Crippen molar-refractivity contribution in [1.29, 1.82) is 0 Å². The lowest BCUT2D eigenvalue weighted by molar-refractivity contribution is -0.136. The minimum Gasteiger partial charge on any atom is -0.487 e. The molecule has 25 heavy (non-hydrogen) atoms. The van der Waals surface area contributed by atoms with E-state index in [-0.39, 0.29) is 18.3 Å². The third-order valence-corrected chi connectivity index (χ3v) is 3.93. The Morgan fingerprint density at radius 1 is 1.28 bits per heavy atom. The molecule has 0 aromatic heterocycles. The second-order valence-electron chi connectivity index (χ2n) is 5.62. The Labute approximate surface area is 147 Å². The number of urea groups is 1. The van der Waals surface area contributed by atoms with Gasteiger partial charge in [-0.2, -0.15) is 13.2 Å². The van der Waals surface area contributed by atoms with E-state index < -0.39 is 17.8 Å². The monoisotopic (exact) mass is 370 g/mol. The SMILES string of the molecule is CC1CN(C(=O)Nc2ccccc2C(F)(F)F)c2cc(Cl)ccc2O1. The number of halogens is 4. The molecular weight excluding hydrogens is 357 g/mol. The molecule has 2 aromatic carbocycles. The van der Waals surface area contributed by atoms with Gasteiger partial charge in [0.2, 0.25) is 0 Å². The fourth-order valence-electron chi connectivity index (χ4n) is 2.62. The number of para-hydroxylation sites is 1. The molecule has 0 saturated heterocycles. The van der Waals surface area contributed by atoms with Crippen molar-refractivity contribution in [2.45, 2.75) is 19.2 Å². The number of alkyl halides is 3. The van der Waals surface area contributed by atoms with Gasteiger partial charge < -0.3 is 10.1 Å². The van der Waals surface area contributed by atoms with Gasteiger partial charge in [-0.15, -0.1) is 0 Å². The minimum atomic E-state index is -4.57. The van der Waals surface area contributed by atoms with Gasteiger partial charge >= 0.3 is 12.2 Å². The number of amides is 2. The molecule has 0 fully saturated rings. The molecule has 0 bridgehead atoms. The van der Waals surface area contributed by atoms with Crippen LogP contribution in [-0.2, 0) is 6.18 Å². The van der Waals surface area contributed by atoms with E-state index in [4.69, 9.17) is 16.3 Å². The predicted molar refractivity (Wildman–Crippen MR) is 89.4 cm³/mol. The van der Waals surface area contributed by atoms with Crippen molar-refractivity contribution in [3.05, 3.63) is 53.1 Å². The molecule has 1 heterocycles. The van der Waals surface area contributed by atoms with Gasteiger partial charge in [0, 0.05) is 5.02 Å². The predicted octanol–water partition coefficient (Wildman–Crippen LogP) is 5.18. The number of nitrogens with one attached hydrogen (secondary N) is 1. The van der Waals surface area contributed by atoms with Crippen molar-refractivity contribution in [1.82, 2.24) is 0 Å². The van der Waals surface area contributed by atoms with Gasteiger partial charge in [-0.05, 0) is 37.3 Å². The number of rotatable bonds is 1. The molecule has 132 valence electrons. The highest BCUT2D eigenvalue weighted by atomic mass is 35.5. The Hall–Kier alpha value is -2.41. The molecule has 4 nitrogen and oxygen atoms in total. The van der Waals surface area contributed by atoms with Gasteiger partial charge in [0.25, 0.3) is 0 Å². The van der Waals surface area contributed by atoms with Crippen molar-refractivity contribution < 1.29 is 22.7 Å². The zero-order valence-electron chi connectivity index (χ0n) is 13.1. The van der Waals surface area contributed by atoms with Gasteiger partial charge in [0.15, 0.2) is 0 Å². The molecule has 1 aliphatic heterocycles. The Morgan fingerprint density at radius 2 is 2.00 bits per heavy atom. The van der Waals surface area contributed by atoms with E-state index in [1.807, 2.05) is 0 Å². The Balaban J connectivity index is 1.92. The van der Waals surface area contributed by atoms with Crippen LogP contribution in [0.15, 0.2) is 42.5 Å². The topological polar surface area (TPSA) is 41.6 Å². The molecule has 3 rings (SSSR count). The zero-order chi connectivity index (χ0) is 18.2. The number of hydrogen-bond donors (Lipinski definition) is 1. The maximum atomic E-state index is 13.1. The summed E-state index contributed by atoms with van der Waals surface area (Å²) < 4.78 is 44.9. The molecule has 1 N–H and O–H groups in total. The van der Waals surface area contributed by atoms with Crippen molar-refractivity contribution in [2.24, 2.45) is 0 Å². The first kappa shape index (κ1) is 17.4. The van der Waals surface area contributed by atoms with E-state index in [1.54, 1.807) is 19.1 Å². The normalized spacial score (nSPS) is 16.8. The van der Waals surface area contributed by atoms with Crippen LogP contribution in [0.2, 0.25) is 5.02 Å². The maximum absolute atomic E-state index is 13.1. The quantitative estimate of drug-likeness (QED) is 0.751. The van der Waals surface area contributed by atoms with Crippen LogP contribution in [0.1, 0.15) is 12.5 Å². The molecule has 2 amide bonds. The molecule has 0 radical (unpaired) electrons. The molecule has 1 unspecified atom stereocenters. The van der Waals surface area contributed by atoms with Gasteiger partial charge in [0.05, 0.1) is 23.5 Å². The largest absolute Gasteiger partial charge is 0.487 e. The Bertz CT molecular complexity index is 811. The number of anilines is 2. The molecule has 0 aliphatic carbocycles. The first-order valence-electron chi connectivity index (χ1n) is 7.46. The van der Waals surface area contributed by atoms with Crippen molar-refractivity contribution in [3.8, 4) is 5.75 Å². The number of ether oxygens (including phenoxy) is 1. The first-order valence-corrected chi connectivity index (χ1v) is 7.84. The molecular formula is C17H14ClF3N2O2. The lowest BCUT2D eigenvalue weighted by Crippen LogP contribution is -2.44. The van der Waals surface area contributed by atoms with Crippen LogP contribution in [0, 0.1) is 0 Å². The molecule has 0 saturated carbocycles. The van der Waals surface area contributed by atoms with Crippen LogP contribution in [0.4, 0.5) is 29.3 Å². The number of nitrogens with zero attached hydrogens (tertiary/aromatic N) is 1. The fraction of sp³-hybridized carbons (Fsp3) is 0.235. The van der Waals surface area contributed by atoms with Crippen LogP contribution >= 0.6 is 11.6 Å². The summed E-state index contributed by atoms with van der Waals surface area (Å²) in [6, 6.07) is 8.92. The summed E-state index contributed by atoms with van der Waals surface area (Å²) >= 11 is 5.97. The maximum Gasteiger partial charge on any atom is 0.418 e. The highest BCUT2D eigenvalue weighted by Crippen LogP contribution is 2.37. The lowest BCUT2D eigenvalue weighted by Gasteiger charge is -2.33. The van der Waals surface area contributed by atoms with Gasteiger partial charge in [-0.25, -0.2) is 4.79 Å². The average Bonchev–Trinajstić information content (AvgIpc) is 2.54. The molecule has 8 heteroatoms. The van der Waals surface area contributed by atoms with Gasteiger partial charge in [0.1, 0.15) is 11.9 Å². The van der Waals surface area contributed by atoms with Crippen molar-refractivity contribution in [3.63, 3.8) is 0 Å². The van der Waals surface area contributed by atoms with E-state index in [0.29, 0.717) is 16.5 Å². The van der Waals surface area contributed by atoms with E-state index in [2.05, 4.69) is 5.32 Å². The standard InChI is InChI=1S/C17H14ClF3N2O2/c1-10-9-23(14-8-11(18)6-7-15(14)25-10)16(24)22-13-5-3-2-4-12(13)17(19,20)21/h2-8,10H,9H2,1H3,(H,22,24). The molecule has 0 spiro atoms. The van der Waals surface area contributed by atoms with Crippen molar-refractivity contribution in [2.75, 3.05) is 16.8 Å². The summed E-state index contributed by atoms with van der Waals surface area (Å²) in [7, 11) is 0. The number of carbonyl (C=O) groups is 1. The second kappa shape index (κ2) is 6.48. The second-order valence-corrected chi connectivity index (χ2v) is 6.06. The number of hydrogen-bond acceptors (Lipinski definition) is 2. The third-order valence-electron chi connectivity index (χ3n) is 3.70. The van der Waals surface area contributed by atoms with E-state index in [1.165, 1.54) is 29.2 Å². The van der Waals surface area contributed by atoms with Crippen LogP contribution < -0.4 is 15.0 Å². The summed E-state index contributed by atoms with van der Waals surface area (Å²) in [4.78, 5) is 13.9. The number of fused-ring (bicyclic) bond motifs is 1. The highest BCUT2D eigenvalue weighted by molar-refractivity contribution is 6.31.